The van der Waals surface area contributed by atoms with Crippen molar-refractivity contribution < 1.29 is 9.84 Å². The summed E-state index contributed by atoms with van der Waals surface area (Å²) in [5.74, 6) is 0.795. The molecule has 0 saturated heterocycles. The highest BCUT2D eigenvalue weighted by Crippen LogP contribution is 2.28. The number of unbranched alkanes of at least 4 members (excludes halogenated alkanes) is 1. The Morgan fingerprint density at radius 3 is 2.54 bits per heavy atom. The van der Waals surface area contributed by atoms with E-state index in [0.717, 1.165) is 40.7 Å². The van der Waals surface area contributed by atoms with E-state index in [9.17, 15) is 0 Å². The van der Waals surface area contributed by atoms with Crippen LogP contribution >= 0.6 is 39.1 Å². The molecule has 0 radical (unpaired) electrons. The lowest BCUT2D eigenvalue weighted by Crippen LogP contribution is -2.16. The van der Waals surface area contributed by atoms with Crippen LogP contribution in [0.3, 0.4) is 0 Å². The predicted octanol–water partition coefficient (Wildman–Crippen LogP) is 5.20. The van der Waals surface area contributed by atoms with Crippen molar-refractivity contribution in [3.8, 4) is 5.75 Å². The Balaban J connectivity index is 2.01. The van der Waals surface area contributed by atoms with Crippen molar-refractivity contribution >= 4 is 39.1 Å². The van der Waals surface area contributed by atoms with Gasteiger partial charge in [-0.15, -0.1) is 0 Å². The van der Waals surface area contributed by atoms with Gasteiger partial charge in [-0.05, 0) is 49.7 Å². The van der Waals surface area contributed by atoms with Crippen molar-refractivity contribution in [1.82, 2.24) is 5.32 Å². The SMILES string of the molecule is OCCCCNCc1cc(Br)ccc1OCc1c(Cl)cccc1Cl. The first-order chi connectivity index (χ1) is 11.6. The third-order valence-electron chi connectivity index (χ3n) is 3.53. The number of halogens is 3. The monoisotopic (exact) mass is 431 g/mol. The fourth-order valence-corrected chi connectivity index (χ4v) is 3.15. The Kier molecular flexibility index (Phi) is 8.36. The number of aliphatic hydroxyl groups is 1. The second-order valence-corrected chi connectivity index (χ2v) is 7.08. The number of rotatable bonds is 9. The average molecular weight is 433 g/mol. The van der Waals surface area contributed by atoms with Gasteiger partial charge in [0.1, 0.15) is 12.4 Å². The first-order valence-electron chi connectivity index (χ1n) is 7.77. The van der Waals surface area contributed by atoms with Crippen LogP contribution in [-0.2, 0) is 13.2 Å². The van der Waals surface area contributed by atoms with E-state index in [2.05, 4.69) is 21.2 Å². The summed E-state index contributed by atoms with van der Waals surface area (Å²) in [6.45, 7) is 2.09. The van der Waals surface area contributed by atoms with E-state index in [1.807, 2.05) is 24.3 Å². The number of benzene rings is 2. The Labute approximate surface area is 161 Å². The highest BCUT2D eigenvalue weighted by molar-refractivity contribution is 9.10. The number of nitrogens with one attached hydrogen (secondary N) is 1. The maximum absolute atomic E-state index is 8.81. The van der Waals surface area contributed by atoms with Gasteiger partial charge in [0.15, 0.2) is 0 Å². The van der Waals surface area contributed by atoms with Gasteiger partial charge < -0.3 is 15.2 Å². The van der Waals surface area contributed by atoms with Gasteiger partial charge in [0.2, 0.25) is 0 Å². The fraction of sp³-hybridized carbons (Fsp3) is 0.333. The van der Waals surface area contributed by atoms with Gasteiger partial charge in [0.25, 0.3) is 0 Å². The summed E-state index contributed by atoms with van der Waals surface area (Å²) in [5.41, 5.74) is 1.84. The average Bonchev–Trinajstić information content (AvgIpc) is 2.56. The molecule has 0 aromatic heterocycles. The Morgan fingerprint density at radius 2 is 1.83 bits per heavy atom. The van der Waals surface area contributed by atoms with Gasteiger partial charge in [-0.2, -0.15) is 0 Å². The minimum absolute atomic E-state index is 0.228. The molecule has 24 heavy (non-hydrogen) atoms. The molecule has 0 spiro atoms. The van der Waals surface area contributed by atoms with Gasteiger partial charge in [-0.3, -0.25) is 0 Å². The lowest BCUT2D eigenvalue weighted by Gasteiger charge is -2.14. The van der Waals surface area contributed by atoms with Crippen molar-refractivity contribution in [2.75, 3.05) is 13.2 Å². The summed E-state index contributed by atoms with van der Waals surface area (Å²) in [4.78, 5) is 0. The topological polar surface area (TPSA) is 41.5 Å². The van der Waals surface area contributed by atoms with Crippen LogP contribution in [0.4, 0.5) is 0 Å². The second-order valence-electron chi connectivity index (χ2n) is 5.35. The number of hydrogen-bond donors (Lipinski definition) is 2. The van der Waals surface area contributed by atoms with E-state index in [1.54, 1.807) is 12.1 Å². The molecule has 130 valence electrons. The molecule has 0 atom stereocenters. The standard InChI is InChI=1S/C18H20BrCl2NO2/c19-14-6-7-18(13(10-14)11-22-8-1-2-9-23)24-12-15-16(20)4-3-5-17(15)21/h3-7,10,22-23H,1-2,8-9,11-12H2. The third-order valence-corrected chi connectivity index (χ3v) is 4.73. The predicted molar refractivity (Wildman–Crippen MR) is 103 cm³/mol. The molecule has 2 aromatic carbocycles. The molecule has 6 heteroatoms. The van der Waals surface area contributed by atoms with Crippen molar-refractivity contribution in [3.63, 3.8) is 0 Å². The molecule has 0 aliphatic carbocycles. The van der Waals surface area contributed by atoms with Crippen LogP contribution in [0.5, 0.6) is 5.75 Å². The smallest absolute Gasteiger partial charge is 0.124 e. The van der Waals surface area contributed by atoms with Crippen molar-refractivity contribution in [2.24, 2.45) is 0 Å². The van der Waals surface area contributed by atoms with E-state index >= 15 is 0 Å². The quantitative estimate of drug-likeness (QED) is 0.535. The zero-order valence-corrected chi connectivity index (χ0v) is 16.3. The second kappa shape index (κ2) is 10.3. The number of hydrogen-bond acceptors (Lipinski definition) is 3. The fourth-order valence-electron chi connectivity index (χ4n) is 2.23. The largest absolute Gasteiger partial charge is 0.488 e. The van der Waals surface area contributed by atoms with Crippen LogP contribution in [0.2, 0.25) is 10.0 Å². The molecule has 2 N–H and O–H groups in total. The molecule has 0 aliphatic heterocycles. The van der Waals surface area contributed by atoms with Crippen LogP contribution in [0, 0.1) is 0 Å². The zero-order valence-electron chi connectivity index (χ0n) is 13.2. The molecule has 0 fully saturated rings. The molecule has 0 bridgehead atoms. The minimum Gasteiger partial charge on any atom is -0.488 e. The molecule has 2 aromatic rings. The molecule has 0 amide bonds. The summed E-state index contributed by atoms with van der Waals surface area (Å²) >= 11 is 15.9. The van der Waals surface area contributed by atoms with E-state index in [-0.39, 0.29) is 6.61 Å². The maximum Gasteiger partial charge on any atom is 0.124 e. The van der Waals surface area contributed by atoms with E-state index in [0.29, 0.717) is 23.2 Å². The molecule has 2 rings (SSSR count). The Hall–Kier alpha value is -0.780. The lowest BCUT2D eigenvalue weighted by atomic mass is 10.2. The molecule has 0 aliphatic rings. The molecular weight excluding hydrogens is 413 g/mol. The highest BCUT2D eigenvalue weighted by atomic mass is 79.9. The van der Waals surface area contributed by atoms with E-state index in [1.165, 1.54) is 0 Å². The van der Waals surface area contributed by atoms with Crippen LogP contribution in [-0.4, -0.2) is 18.3 Å². The number of ether oxygens (including phenoxy) is 1. The maximum atomic E-state index is 8.81. The van der Waals surface area contributed by atoms with Crippen LogP contribution in [0.25, 0.3) is 0 Å². The van der Waals surface area contributed by atoms with E-state index < -0.39 is 0 Å². The van der Waals surface area contributed by atoms with Crippen molar-refractivity contribution in [1.29, 1.82) is 0 Å². The van der Waals surface area contributed by atoms with Crippen molar-refractivity contribution in [3.05, 3.63) is 62.0 Å². The van der Waals surface area contributed by atoms with Crippen LogP contribution in [0.1, 0.15) is 24.0 Å². The number of aliphatic hydroxyl groups excluding tert-OH is 1. The Morgan fingerprint density at radius 1 is 1.08 bits per heavy atom. The lowest BCUT2D eigenvalue weighted by molar-refractivity contribution is 0.283. The van der Waals surface area contributed by atoms with Gasteiger partial charge in [-0.1, -0.05) is 45.2 Å². The first-order valence-corrected chi connectivity index (χ1v) is 9.32. The molecule has 0 saturated carbocycles. The van der Waals surface area contributed by atoms with Gasteiger partial charge >= 0.3 is 0 Å². The first kappa shape index (κ1) is 19.5. The van der Waals surface area contributed by atoms with Crippen LogP contribution < -0.4 is 10.1 Å². The highest BCUT2D eigenvalue weighted by Gasteiger charge is 2.09. The summed E-state index contributed by atoms with van der Waals surface area (Å²) < 4.78 is 6.95. The summed E-state index contributed by atoms with van der Waals surface area (Å²) in [6.07, 6.45) is 1.75. The third kappa shape index (κ3) is 5.94. The molecule has 0 unspecified atom stereocenters. The van der Waals surface area contributed by atoms with Crippen LogP contribution in [0.15, 0.2) is 40.9 Å². The zero-order chi connectivity index (χ0) is 17.4. The minimum atomic E-state index is 0.228. The molecule has 0 heterocycles. The summed E-state index contributed by atoms with van der Waals surface area (Å²) in [6, 6.07) is 11.3. The Bertz CT molecular complexity index is 647. The van der Waals surface area contributed by atoms with Crippen molar-refractivity contribution in [2.45, 2.75) is 26.0 Å². The van der Waals surface area contributed by atoms with Gasteiger partial charge in [-0.25, -0.2) is 0 Å². The summed E-state index contributed by atoms with van der Waals surface area (Å²) in [5, 5.41) is 13.4. The normalized spacial score (nSPS) is 10.8. The summed E-state index contributed by atoms with van der Waals surface area (Å²) in [7, 11) is 0. The van der Waals surface area contributed by atoms with E-state index in [4.69, 9.17) is 33.0 Å². The van der Waals surface area contributed by atoms with Gasteiger partial charge in [0.05, 0.1) is 0 Å². The molecular formula is C18H20BrCl2NO2. The molecule has 3 nitrogen and oxygen atoms in total. The van der Waals surface area contributed by atoms with Gasteiger partial charge in [0, 0.05) is 38.8 Å².